The zero-order valence-corrected chi connectivity index (χ0v) is 21.1. The number of carboxylic acids is 1. The van der Waals surface area contributed by atoms with Gasteiger partial charge in [0.25, 0.3) is 0 Å². The Kier molecular flexibility index (Phi) is 8.39. The van der Waals surface area contributed by atoms with E-state index in [1.54, 1.807) is 48.5 Å². The van der Waals surface area contributed by atoms with E-state index in [0.29, 0.717) is 28.4 Å². The van der Waals surface area contributed by atoms with Crippen LogP contribution in [0.3, 0.4) is 0 Å². The fraction of sp³-hybridized carbons (Fsp3) is 0.179. The topological polar surface area (TPSA) is 143 Å². The largest absolute Gasteiger partial charge is 0.493 e. The first-order chi connectivity index (χ1) is 19.0. The highest BCUT2D eigenvalue weighted by Gasteiger charge is 2.43. The van der Waals surface area contributed by atoms with E-state index in [2.05, 4.69) is 9.97 Å². The first-order valence-corrected chi connectivity index (χ1v) is 11.9. The molecule has 208 valence electrons. The molecular formula is C28H25F3N4O5. The third kappa shape index (κ3) is 6.97. The lowest BCUT2D eigenvalue weighted by Gasteiger charge is -2.22. The van der Waals surface area contributed by atoms with Crippen molar-refractivity contribution in [1.82, 2.24) is 9.97 Å². The molecule has 1 unspecified atom stereocenters. The van der Waals surface area contributed by atoms with Gasteiger partial charge in [0.1, 0.15) is 11.8 Å². The van der Waals surface area contributed by atoms with E-state index >= 15 is 0 Å². The second-order valence-corrected chi connectivity index (χ2v) is 8.66. The molecule has 1 heterocycles. The molecule has 12 heteroatoms. The van der Waals surface area contributed by atoms with Gasteiger partial charge in [0.15, 0.2) is 11.5 Å². The second kappa shape index (κ2) is 11.9. The van der Waals surface area contributed by atoms with E-state index in [4.69, 9.17) is 30.8 Å². The smallest absolute Gasteiger partial charge is 0.429 e. The number of methoxy groups -OCH3 is 1. The van der Waals surface area contributed by atoms with E-state index in [-0.39, 0.29) is 29.5 Å². The van der Waals surface area contributed by atoms with Gasteiger partial charge in [-0.3, -0.25) is 4.79 Å². The number of nitrogens with zero attached hydrogens (tertiary/aromatic N) is 2. The van der Waals surface area contributed by atoms with Crippen LogP contribution in [-0.4, -0.2) is 40.4 Å². The molecule has 0 aliphatic carbocycles. The summed E-state index contributed by atoms with van der Waals surface area (Å²) >= 11 is 0. The monoisotopic (exact) mass is 554 g/mol. The number of benzene rings is 3. The summed E-state index contributed by atoms with van der Waals surface area (Å²) in [5.74, 6) is -0.619. The van der Waals surface area contributed by atoms with Crippen molar-refractivity contribution >= 4 is 11.9 Å². The molecule has 4 aromatic rings. The van der Waals surface area contributed by atoms with E-state index in [9.17, 15) is 18.0 Å². The number of para-hydroxylation sites is 2. The van der Waals surface area contributed by atoms with Crippen LogP contribution >= 0.6 is 0 Å². The van der Waals surface area contributed by atoms with Crippen LogP contribution in [0.25, 0.3) is 11.3 Å². The van der Waals surface area contributed by atoms with Crippen molar-refractivity contribution in [3.8, 4) is 34.4 Å². The third-order valence-electron chi connectivity index (χ3n) is 5.76. The molecule has 0 fully saturated rings. The Bertz CT molecular complexity index is 1460. The Labute approximate surface area is 227 Å². The second-order valence-electron chi connectivity index (χ2n) is 8.66. The van der Waals surface area contributed by atoms with E-state index in [0.717, 1.165) is 0 Å². The number of hydrogen-bond acceptors (Lipinski definition) is 8. The van der Waals surface area contributed by atoms with Gasteiger partial charge in [-0.25, -0.2) is 4.98 Å². The van der Waals surface area contributed by atoms with Crippen LogP contribution in [-0.2, 0) is 11.2 Å². The lowest BCUT2D eigenvalue weighted by atomic mass is 10.0. The molecule has 0 spiro atoms. The minimum Gasteiger partial charge on any atom is -0.493 e. The van der Waals surface area contributed by atoms with Crippen LogP contribution in [0.4, 0.5) is 19.1 Å². The quantitative estimate of drug-likeness (QED) is 0.242. The highest BCUT2D eigenvalue weighted by molar-refractivity contribution is 5.73. The number of alkyl halides is 3. The molecule has 0 radical (unpaired) electrons. The Balaban J connectivity index is 1.55. The number of aliphatic carboxylic acids is 1. The Morgan fingerprint density at radius 2 is 1.62 bits per heavy atom. The maximum Gasteiger partial charge on any atom is 0.429 e. The number of carboxylic acid groups (broad SMARTS) is 1. The number of rotatable bonds is 10. The summed E-state index contributed by atoms with van der Waals surface area (Å²) in [7, 11) is 1.48. The van der Waals surface area contributed by atoms with Crippen LogP contribution in [0, 0.1) is 0 Å². The summed E-state index contributed by atoms with van der Waals surface area (Å²) < 4.78 is 58.5. The molecule has 3 aromatic carbocycles. The summed E-state index contributed by atoms with van der Waals surface area (Å²) in [5.41, 5.74) is 12.5. The SMILES string of the molecule is COc1ccccc1Oc1ccc(C(Oc2cc(-c3ccc(C[C@H](N)C(=O)O)cc3)nc(N)n2)C(F)(F)F)cc1. The lowest BCUT2D eigenvalue weighted by molar-refractivity contribution is -0.198. The maximum absolute atomic E-state index is 14.1. The average Bonchev–Trinajstić information content (AvgIpc) is 2.92. The van der Waals surface area contributed by atoms with Crippen LogP contribution in [0.5, 0.6) is 23.1 Å². The third-order valence-corrected chi connectivity index (χ3v) is 5.76. The molecule has 0 amide bonds. The van der Waals surface area contributed by atoms with Crippen molar-refractivity contribution in [2.24, 2.45) is 5.73 Å². The van der Waals surface area contributed by atoms with Gasteiger partial charge in [0.05, 0.1) is 12.8 Å². The van der Waals surface area contributed by atoms with Gasteiger partial charge in [0, 0.05) is 17.2 Å². The average molecular weight is 555 g/mol. The fourth-order valence-corrected chi connectivity index (χ4v) is 3.79. The van der Waals surface area contributed by atoms with Gasteiger partial charge < -0.3 is 30.8 Å². The minimum absolute atomic E-state index is 0.103. The Hall–Kier alpha value is -4.84. The van der Waals surface area contributed by atoms with E-state index in [1.165, 1.54) is 37.4 Å². The van der Waals surface area contributed by atoms with Crippen molar-refractivity contribution in [1.29, 1.82) is 0 Å². The predicted octanol–water partition coefficient (Wildman–Crippen LogP) is 5.16. The van der Waals surface area contributed by atoms with E-state index < -0.39 is 24.3 Å². The number of nitrogens with two attached hydrogens (primary N) is 2. The molecule has 0 aliphatic rings. The zero-order valence-electron chi connectivity index (χ0n) is 21.1. The number of hydrogen-bond donors (Lipinski definition) is 3. The molecule has 4 rings (SSSR count). The number of halogens is 3. The number of nitrogen functional groups attached to an aromatic ring is 1. The summed E-state index contributed by atoms with van der Waals surface area (Å²) in [5, 5.41) is 8.98. The first-order valence-electron chi connectivity index (χ1n) is 11.9. The molecular weight excluding hydrogens is 529 g/mol. The summed E-state index contributed by atoms with van der Waals surface area (Å²) in [6, 6.07) is 18.8. The summed E-state index contributed by atoms with van der Waals surface area (Å²) in [6.07, 6.45) is -7.03. The van der Waals surface area contributed by atoms with Gasteiger partial charge in [-0.05, 0) is 36.2 Å². The van der Waals surface area contributed by atoms with Gasteiger partial charge in [0.2, 0.25) is 17.9 Å². The number of carbonyl (C=O) groups is 1. The van der Waals surface area contributed by atoms with Crippen LogP contribution in [0.1, 0.15) is 17.2 Å². The highest BCUT2D eigenvalue weighted by atomic mass is 19.4. The minimum atomic E-state index is -4.78. The highest BCUT2D eigenvalue weighted by Crippen LogP contribution is 2.38. The summed E-state index contributed by atoms with van der Waals surface area (Å²) in [6.45, 7) is 0. The van der Waals surface area contributed by atoms with Crippen molar-refractivity contribution in [3.63, 3.8) is 0 Å². The molecule has 1 aromatic heterocycles. The molecule has 0 saturated heterocycles. The molecule has 0 bridgehead atoms. The van der Waals surface area contributed by atoms with Crippen molar-refractivity contribution in [2.45, 2.75) is 24.7 Å². The van der Waals surface area contributed by atoms with Crippen molar-refractivity contribution in [3.05, 3.63) is 90.0 Å². The molecule has 2 atom stereocenters. The van der Waals surface area contributed by atoms with Crippen molar-refractivity contribution < 1.29 is 37.3 Å². The van der Waals surface area contributed by atoms with Gasteiger partial charge >= 0.3 is 12.1 Å². The number of ether oxygens (including phenoxy) is 3. The summed E-state index contributed by atoms with van der Waals surface area (Å²) in [4.78, 5) is 18.9. The molecule has 40 heavy (non-hydrogen) atoms. The van der Waals surface area contributed by atoms with Crippen molar-refractivity contribution in [2.75, 3.05) is 12.8 Å². The Morgan fingerprint density at radius 1 is 0.975 bits per heavy atom. The molecule has 0 saturated carbocycles. The van der Waals surface area contributed by atoms with Gasteiger partial charge in [-0.2, -0.15) is 18.2 Å². The standard InChI is InChI=1S/C28H25F3N4O5/c1-38-22-4-2-3-5-23(22)39-19-12-10-18(11-13-19)25(28(29,30)31)40-24-15-21(34-27(33)35-24)17-8-6-16(7-9-17)14-20(32)26(36)37/h2-13,15,20,25H,14,32H2,1H3,(H,36,37)(H2,33,34,35)/t20-,25?/m0/s1. The molecule has 9 nitrogen and oxygen atoms in total. The number of aromatic nitrogens is 2. The maximum atomic E-state index is 14.1. The van der Waals surface area contributed by atoms with Gasteiger partial charge in [-0.1, -0.05) is 48.5 Å². The first kappa shape index (κ1) is 28.2. The fourth-order valence-electron chi connectivity index (χ4n) is 3.79. The zero-order chi connectivity index (χ0) is 28.9. The predicted molar refractivity (Wildman–Crippen MR) is 140 cm³/mol. The van der Waals surface area contributed by atoms with Crippen LogP contribution in [0.15, 0.2) is 78.9 Å². The van der Waals surface area contributed by atoms with Crippen LogP contribution < -0.4 is 25.7 Å². The normalized spacial score (nSPS) is 12.8. The Morgan fingerprint density at radius 3 is 2.23 bits per heavy atom. The lowest BCUT2D eigenvalue weighted by Crippen LogP contribution is -2.32. The molecule has 5 N–H and O–H groups in total. The van der Waals surface area contributed by atoms with E-state index in [1.807, 2.05) is 0 Å². The van der Waals surface area contributed by atoms with Crippen LogP contribution in [0.2, 0.25) is 0 Å². The van der Waals surface area contributed by atoms with Gasteiger partial charge in [-0.15, -0.1) is 0 Å². The number of anilines is 1. The molecule has 0 aliphatic heterocycles.